The maximum absolute atomic E-state index is 13.6. The highest BCUT2D eigenvalue weighted by atomic mass is 35.5. The standard InChI is InChI=1S/C24H31Cl2N3O5S/c1-16(23(31)27-24(2,3)4)28(14-17-8-7-9-19(12-17)34-5)22(30)15-29(35(6,32)33)21-11-10-18(25)13-20(21)26/h7-13,16H,14-15H2,1-6H3,(H,27,31)/t16-/m0/s1. The largest absolute Gasteiger partial charge is 0.497 e. The first-order valence-electron chi connectivity index (χ1n) is 10.8. The average Bonchev–Trinajstić information content (AvgIpc) is 2.74. The number of carbonyl (C=O) groups excluding carboxylic acids is 2. The Labute approximate surface area is 217 Å². The number of rotatable bonds is 9. The molecule has 2 amide bonds. The summed E-state index contributed by atoms with van der Waals surface area (Å²) in [5.41, 5.74) is 0.301. The molecule has 0 aliphatic rings. The number of anilines is 1. The molecule has 1 N–H and O–H groups in total. The number of amides is 2. The lowest BCUT2D eigenvalue weighted by atomic mass is 10.1. The molecule has 1 atom stereocenters. The molecule has 0 radical (unpaired) electrons. The fraction of sp³-hybridized carbons (Fsp3) is 0.417. The summed E-state index contributed by atoms with van der Waals surface area (Å²) in [5, 5.41) is 3.27. The normalized spacial score (nSPS) is 12.6. The molecular weight excluding hydrogens is 513 g/mol. The Morgan fingerprint density at radius 1 is 1.11 bits per heavy atom. The van der Waals surface area contributed by atoms with Crippen molar-refractivity contribution in [2.45, 2.75) is 45.8 Å². The van der Waals surface area contributed by atoms with Crippen LogP contribution in [0.4, 0.5) is 5.69 Å². The number of benzene rings is 2. The Morgan fingerprint density at radius 2 is 1.77 bits per heavy atom. The van der Waals surface area contributed by atoms with E-state index in [-0.39, 0.29) is 23.2 Å². The van der Waals surface area contributed by atoms with Crippen LogP contribution in [0.2, 0.25) is 10.0 Å². The van der Waals surface area contributed by atoms with Crippen LogP contribution >= 0.6 is 23.2 Å². The molecule has 35 heavy (non-hydrogen) atoms. The molecule has 11 heteroatoms. The smallest absolute Gasteiger partial charge is 0.244 e. The minimum atomic E-state index is -3.90. The second-order valence-corrected chi connectivity index (χ2v) is 11.9. The number of carbonyl (C=O) groups is 2. The lowest BCUT2D eigenvalue weighted by Gasteiger charge is -2.33. The SMILES string of the molecule is COc1cccc(CN(C(=O)CN(c2ccc(Cl)cc2Cl)S(C)(=O)=O)[C@@H](C)C(=O)NC(C)(C)C)c1. The summed E-state index contributed by atoms with van der Waals surface area (Å²) >= 11 is 12.2. The van der Waals surface area contributed by atoms with E-state index in [1.165, 1.54) is 30.2 Å². The number of sulfonamides is 1. The summed E-state index contributed by atoms with van der Waals surface area (Å²) < 4.78 is 31.4. The van der Waals surface area contributed by atoms with E-state index in [1.54, 1.807) is 31.2 Å². The molecule has 0 unspecified atom stereocenters. The van der Waals surface area contributed by atoms with Crippen LogP contribution in [0, 0.1) is 0 Å². The van der Waals surface area contributed by atoms with Crippen molar-refractivity contribution in [1.29, 1.82) is 0 Å². The lowest BCUT2D eigenvalue weighted by molar-refractivity contribution is -0.140. The molecular formula is C24H31Cl2N3O5S. The maximum Gasteiger partial charge on any atom is 0.244 e. The summed E-state index contributed by atoms with van der Waals surface area (Å²) in [5.74, 6) is -0.364. The third kappa shape index (κ3) is 8.30. The van der Waals surface area contributed by atoms with Crippen LogP contribution in [0.25, 0.3) is 0 Å². The van der Waals surface area contributed by atoms with Gasteiger partial charge in [-0.05, 0) is 63.6 Å². The first-order valence-corrected chi connectivity index (χ1v) is 13.4. The van der Waals surface area contributed by atoms with Gasteiger partial charge in [0.2, 0.25) is 21.8 Å². The minimum Gasteiger partial charge on any atom is -0.497 e. The number of hydrogen-bond acceptors (Lipinski definition) is 5. The molecule has 2 aromatic rings. The molecule has 0 bridgehead atoms. The van der Waals surface area contributed by atoms with E-state index in [0.717, 1.165) is 10.6 Å². The molecule has 0 heterocycles. The van der Waals surface area contributed by atoms with Crippen LogP contribution in [0.3, 0.4) is 0 Å². The van der Waals surface area contributed by atoms with Crippen LogP contribution in [0.1, 0.15) is 33.3 Å². The summed E-state index contributed by atoms with van der Waals surface area (Å²) in [4.78, 5) is 27.9. The summed E-state index contributed by atoms with van der Waals surface area (Å²) in [6.45, 7) is 6.59. The number of nitrogens with zero attached hydrogens (tertiary/aromatic N) is 2. The van der Waals surface area contributed by atoms with Gasteiger partial charge >= 0.3 is 0 Å². The summed E-state index contributed by atoms with van der Waals surface area (Å²) in [6, 6.07) is 10.5. The monoisotopic (exact) mass is 543 g/mol. The second-order valence-electron chi connectivity index (χ2n) is 9.15. The van der Waals surface area contributed by atoms with Crippen LogP contribution in [-0.4, -0.2) is 56.6 Å². The third-order valence-electron chi connectivity index (χ3n) is 5.01. The predicted octanol–water partition coefficient (Wildman–Crippen LogP) is 4.10. The van der Waals surface area contributed by atoms with Gasteiger partial charge in [-0.1, -0.05) is 35.3 Å². The van der Waals surface area contributed by atoms with E-state index < -0.39 is 34.1 Å². The summed E-state index contributed by atoms with van der Waals surface area (Å²) in [7, 11) is -2.37. The highest BCUT2D eigenvalue weighted by Crippen LogP contribution is 2.30. The van der Waals surface area contributed by atoms with Crippen molar-refractivity contribution in [3.05, 3.63) is 58.1 Å². The van der Waals surface area contributed by atoms with E-state index in [2.05, 4.69) is 5.32 Å². The maximum atomic E-state index is 13.6. The van der Waals surface area contributed by atoms with Crippen molar-refractivity contribution in [2.75, 3.05) is 24.2 Å². The first-order chi connectivity index (χ1) is 16.1. The third-order valence-corrected chi connectivity index (χ3v) is 6.67. The fourth-order valence-electron chi connectivity index (χ4n) is 3.30. The number of hydrogen-bond donors (Lipinski definition) is 1. The van der Waals surface area contributed by atoms with Gasteiger partial charge in [0.25, 0.3) is 0 Å². The molecule has 8 nitrogen and oxygen atoms in total. The van der Waals surface area contributed by atoms with Gasteiger partial charge < -0.3 is 15.0 Å². The average molecular weight is 545 g/mol. The van der Waals surface area contributed by atoms with Crippen molar-refractivity contribution in [1.82, 2.24) is 10.2 Å². The Morgan fingerprint density at radius 3 is 2.31 bits per heavy atom. The molecule has 0 saturated carbocycles. The molecule has 0 saturated heterocycles. The number of halogens is 2. The van der Waals surface area contributed by atoms with E-state index in [9.17, 15) is 18.0 Å². The molecule has 2 rings (SSSR count). The molecule has 0 aliphatic heterocycles. The summed E-state index contributed by atoms with van der Waals surface area (Å²) in [6.07, 6.45) is 0.980. The van der Waals surface area contributed by atoms with Crippen LogP contribution in [0.15, 0.2) is 42.5 Å². The van der Waals surface area contributed by atoms with Gasteiger partial charge in [0.1, 0.15) is 18.3 Å². The van der Waals surface area contributed by atoms with Gasteiger partial charge in [-0.2, -0.15) is 0 Å². The predicted molar refractivity (Wildman–Crippen MR) is 140 cm³/mol. The fourth-order valence-corrected chi connectivity index (χ4v) is 4.72. The molecule has 0 spiro atoms. The first kappa shape index (κ1) is 28.7. The molecule has 2 aromatic carbocycles. The van der Waals surface area contributed by atoms with Crippen LogP contribution in [-0.2, 0) is 26.2 Å². The quantitative estimate of drug-likeness (QED) is 0.513. The number of ether oxygens (including phenoxy) is 1. The zero-order valence-corrected chi connectivity index (χ0v) is 23.0. The Kier molecular flexibility index (Phi) is 9.44. The minimum absolute atomic E-state index is 0.0563. The molecule has 0 fully saturated rings. The van der Waals surface area contributed by atoms with Gasteiger partial charge in [-0.25, -0.2) is 8.42 Å². The zero-order valence-electron chi connectivity index (χ0n) is 20.6. The lowest BCUT2D eigenvalue weighted by Crippen LogP contribution is -2.54. The van der Waals surface area contributed by atoms with Gasteiger partial charge in [0, 0.05) is 17.1 Å². The topological polar surface area (TPSA) is 96.0 Å². The molecule has 192 valence electrons. The number of nitrogens with one attached hydrogen (secondary N) is 1. The van der Waals surface area contributed by atoms with Crippen molar-refractivity contribution < 1.29 is 22.7 Å². The van der Waals surface area contributed by atoms with Crippen LogP contribution < -0.4 is 14.4 Å². The zero-order chi connectivity index (χ0) is 26.6. The molecule has 0 aromatic heterocycles. The van der Waals surface area contributed by atoms with Gasteiger partial charge in [0.15, 0.2) is 0 Å². The number of methoxy groups -OCH3 is 1. The Balaban J connectivity index is 2.45. The Hall–Kier alpha value is -2.49. The second kappa shape index (κ2) is 11.5. The molecule has 0 aliphatic carbocycles. The van der Waals surface area contributed by atoms with E-state index in [0.29, 0.717) is 16.3 Å². The van der Waals surface area contributed by atoms with E-state index in [4.69, 9.17) is 27.9 Å². The van der Waals surface area contributed by atoms with Crippen molar-refractivity contribution >= 4 is 50.7 Å². The van der Waals surface area contributed by atoms with Crippen molar-refractivity contribution in [3.63, 3.8) is 0 Å². The van der Waals surface area contributed by atoms with E-state index in [1.807, 2.05) is 20.8 Å². The van der Waals surface area contributed by atoms with Crippen LogP contribution in [0.5, 0.6) is 5.75 Å². The highest BCUT2D eigenvalue weighted by Gasteiger charge is 2.32. The Bertz CT molecular complexity index is 1180. The van der Waals surface area contributed by atoms with Gasteiger partial charge in [-0.15, -0.1) is 0 Å². The van der Waals surface area contributed by atoms with Gasteiger partial charge in [-0.3, -0.25) is 13.9 Å². The van der Waals surface area contributed by atoms with Crippen molar-refractivity contribution in [3.8, 4) is 5.75 Å². The highest BCUT2D eigenvalue weighted by molar-refractivity contribution is 7.92. The van der Waals surface area contributed by atoms with Gasteiger partial charge in [0.05, 0.1) is 24.1 Å². The van der Waals surface area contributed by atoms with Crippen molar-refractivity contribution in [2.24, 2.45) is 0 Å². The van der Waals surface area contributed by atoms with E-state index >= 15 is 0 Å².